The SMILES string of the molecule is O=C1CCCC2=C1C(c1cc(Br)ccc1F)CC(=O)N2c1cccc(F)c1. The number of carbonyl (C=O) groups excluding carboxylic acids is 2. The first kappa shape index (κ1) is 18.0. The molecule has 1 heterocycles. The quantitative estimate of drug-likeness (QED) is 0.650. The van der Waals surface area contributed by atoms with Crippen molar-refractivity contribution in [2.24, 2.45) is 0 Å². The van der Waals surface area contributed by atoms with Crippen LogP contribution in [-0.4, -0.2) is 11.7 Å². The number of anilines is 1. The Balaban J connectivity index is 1.90. The summed E-state index contributed by atoms with van der Waals surface area (Å²) in [4.78, 5) is 27.2. The summed E-state index contributed by atoms with van der Waals surface area (Å²) in [5, 5.41) is 0. The zero-order valence-electron chi connectivity index (χ0n) is 14.3. The molecular formula is C21H16BrF2NO2. The Labute approximate surface area is 163 Å². The largest absolute Gasteiger partial charge is 0.294 e. The molecular weight excluding hydrogens is 416 g/mol. The van der Waals surface area contributed by atoms with E-state index >= 15 is 0 Å². The van der Waals surface area contributed by atoms with Gasteiger partial charge in [0.1, 0.15) is 11.6 Å². The molecule has 1 amide bonds. The van der Waals surface area contributed by atoms with Gasteiger partial charge in [-0.05, 0) is 54.8 Å². The van der Waals surface area contributed by atoms with Gasteiger partial charge in [-0.25, -0.2) is 8.78 Å². The standard InChI is InChI=1S/C21H16BrF2NO2/c22-12-7-8-17(24)15(9-12)16-11-20(27)25(14-4-1-3-13(23)10-14)18-5-2-6-19(26)21(16)18/h1,3-4,7-10,16H,2,5-6,11H2. The predicted molar refractivity (Wildman–Crippen MR) is 101 cm³/mol. The number of allylic oxidation sites excluding steroid dienone is 2. The minimum atomic E-state index is -0.623. The van der Waals surface area contributed by atoms with Crippen molar-refractivity contribution in [3.05, 3.63) is 75.4 Å². The van der Waals surface area contributed by atoms with E-state index in [0.29, 0.717) is 46.3 Å². The molecule has 3 nitrogen and oxygen atoms in total. The second kappa shape index (κ2) is 7.00. The van der Waals surface area contributed by atoms with E-state index in [1.807, 2.05) is 0 Å². The lowest BCUT2D eigenvalue weighted by molar-refractivity contribution is -0.119. The van der Waals surface area contributed by atoms with Crippen LogP contribution in [0, 0.1) is 11.6 Å². The minimum Gasteiger partial charge on any atom is -0.294 e. The molecule has 4 rings (SSSR count). The molecule has 27 heavy (non-hydrogen) atoms. The molecule has 0 aromatic heterocycles. The van der Waals surface area contributed by atoms with Crippen LogP contribution in [0.25, 0.3) is 0 Å². The van der Waals surface area contributed by atoms with Crippen molar-refractivity contribution in [1.82, 2.24) is 0 Å². The Morgan fingerprint density at radius 3 is 2.63 bits per heavy atom. The van der Waals surface area contributed by atoms with Crippen molar-refractivity contribution in [3.63, 3.8) is 0 Å². The van der Waals surface area contributed by atoms with Gasteiger partial charge < -0.3 is 0 Å². The van der Waals surface area contributed by atoms with Crippen molar-refractivity contribution in [2.75, 3.05) is 4.90 Å². The Hall–Kier alpha value is -2.34. The van der Waals surface area contributed by atoms with Crippen LogP contribution in [0.1, 0.15) is 37.2 Å². The molecule has 6 heteroatoms. The van der Waals surface area contributed by atoms with Crippen LogP contribution in [0.3, 0.4) is 0 Å². The number of amides is 1. The number of hydrogen-bond donors (Lipinski definition) is 0. The maximum absolute atomic E-state index is 14.5. The van der Waals surface area contributed by atoms with Gasteiger partial charge >= 0.3 is 0 Å². The van der Waals surface area contributed by atoms with Crippen LogP contribution in [0.4, 0.5) is 14.5 Å². The monoisotopic (exact) mass is 431 g/mol. The van der Waals surface area contributed by atoms with Crippen molar-refractivity contribution in [2.45, 2.75) is 31.6 Å². The number of benzene rings is 2. The second-order valence-corrected chi connectivity index (χ2v) is 7.68. The lowest BCUT2D eigenvalue weighted by Crippen LogP contribution is -2.40. The van der Waals surface area contributed by atoms with Gasteiger partial charge in [0.05, 0.1) is 5.69 Å². The van der Waals surface area contributed by atoms with E-state index in [9.17, 15) is 18.4 Å². The van der Waals surface area contributed by atoms with Gasteiger partial charge in [0, 0.05) is 34.5 Å². The molecule has 1 aliphatic carbocycles. The van der Waals surface area contributed by atoms with Crippen LogP contribution in [0.15, 0.2) is 58.2 Å². The molecule has 0 spiro atoms. The van der Waals surface area contributed by atoms with Gasteiger partial charge in [-0.15, -0.1) is 0 Å². The summed E-state index contributed by atoms with van der Waals surface area (Å²) in [6, 6.07) is 10.3. The van der Waals surface area contributed by atoms with E-state index < -0.39 is 17.6 Å². The topological polar surface area (TPSA) is 37.4 Å². The summed E-state index contributed by atoms with van der Waals surface area (Å²) in [6.07, 6.45) is 1.48. The van der Waals surface area contributed by atoms with Crippen molar-refractivity contribution < 1.29 is 18.4 Å². The van der Waals surface area contributed by atoms with E-state index in [2.05, 4.69) is 15.9 Å². The van der Waals surface area contributed by atoms with E-state index in [4.69, 9.17) is 0 Å². The number of nitrogens with zero attached hydrogens (tertiary/aromatic N) is 1. The number of halogens is 3. The van der Waals surface area contributed by atoms with E-state index in [1.54, 1.807) is 18.2 Å². The number of carbonyl (C=O) groups is 2. The van der Waals surface area contributed by atoms with Gasteiger partial charge in [0.15, 0.2) is 5.78 Å². The highest BCUT2D eigenvalue weighted by molar-refractivity contribution is 9.10. The Morgan fingerprint density at radius 1 is 1.04 bits per heavy atom. The maximum atomic E-state index is 14.5. The normalized spacial score (nSPS) is 20.1. The summed E-state index contributed by atoms with van der Waals surface area (Å²) in [5.74, 6) is -1.86. The Bertz CT molecular complexity index is 986. The summed E-state index contributed by atoms with van der Waals surface area (Å²) in [6.45, 7) is 0. The first-order valence-corrected chi connectivity index (χ1v) is 9.54. The van der Waals surface area contributed by atoms with Crippen LogP contribution in [-0.2, 0) is 9.59 Å². The average Bonchev–Trinajstić information content (AvgIpc) is 2.63. The highest BCUT2D eigenvalue weighted by Crippen LogP contribution is 2.44. The first-order valence-electron chi connectivity index (χ1n) is 8.75. The van der Waals surface area contributed by atoms with Crippen LogP contribution >= 0.6 is 15.9 Å². The van der Waals surface area contributed by atoms with Crippen LogP contribution in [0.5, 0.6) is 0 Å². The molecule has 2 aliphatic rings. The molecule has 2 aromatic carbocycles. The molecule has 0 N–H and O–H groups in total. The lowest BCUT2D eigenvalue weighted by atomic mass is 9.77. The highest BCUT2D eigenvalue weighted by atomic mass is 79.9. The molecule has 2 aromatic rings. The summed E-state index contributed by atoms with van der Waals surface area (Å²) in [5.41, 5.74) is 1.77. The molecule has 1 atom stereocenters. The summed E-state index contributed by atoms with van der Waals surface area (Å²) >= 11 is 3.33. The molecule has 0 fully saturated rings. The van der Waals surface area contributed by atoms with Crippen LogP contribution in [0.2, 0.25) is 0 Å². The van der Waals surface area contributed by atoms with E-state index in [1.165, 1.54) is 29.2 Å². The Kier molecular flexibility index (Phi) is 4.68. The number of ketones is 1. The molecule has 1 aliphatic heterocycles. The number of hydrogen-bond acceptors (Lipinski definition) is 2. The zero-order chi connectivity index (χ0) is 19.1. The summed E-state index contributed by atoms with van der Waals surface area (Å²) < 4.78 is 28.9. The predicted octanol–water partition coefficient (Wildman–Crippen LogP) is 5.25. The smallest absolute Gasteiger partial charge is 0.232 e. The summed E-state index contributed by atoms with van der Waals surface area (Å²) in [7, 11) is 0. The van der Waals surface area contributed by atoms with Crippen molar-refractivity contribution in [3.8, 4) is 0 Å². The second-order valence-electron chi connectivity index (χ2n) is 6.77. The van der Waals surface area contributed by atoms with Crippen LogP contribution < -0.4 is 4.90 Å². The van der Waals surface area contributed by atoms with Gasteiger partial charge in [0.2, 0.25) is 5.91 Å². The highest BCUT2D eigenvalue weighted by Gasteiger charge is 2.40. The molecule has 0 saturated heterocycles. The van der Waals surface area contributed by atoms with Gasteiger partial charge in [-0.2, -0.15) is 0 Å². The van der Waals surface area contributed by atoms with E-state index in [-0.39, 0.29) is 18.1 Å². The molecule has 1 unspecified atom stereocenters. The minimum absolute atomic E-state index is 0.0333. The lowest BCUT2D eigenvalue weighted by Gasteiger charge is -2.38. The first-order chi connectivity index (χ1) is 13.0. The average molecular weight is 432 g/mol. The number of Topliss-reactive ketones (excluding diaryl/α,β-unsaturated/α-hetero) is 1. The fourth-order valence-electron chi connectivity index (χ4n) is 3.96. The van der Waals surface area contributed by atoms with Gasteiger partial charge in [-0.1, -0.05) is 22.0 Å². The van der Waals surface area contributed by atoms with Gasteiger partial charge in [0.25, 0.3) is 0 Å². The molecule has 0 bridgehead atoms. The molecule has 0 radical (unpaired) electrons. The number of rotatable bonds is 2. The van der Waals surface area contributed by atoms with Gasteiger partial charge in [-0.3, -0.25) is 14.5 Å². The Morgan fingerprint density at radius 2 is 1.85 bits per heavy atom. The molecule has 138 valence electrons. The maximum Gasteiger partial charge on any atom is 0.232 e. The third-order valence-corrected chi connectivity index (χ3v) is 5.57. The fourth-order valence-corrected chi connectivity index (χ4v) is 4.33. The van der Waals surface area contributed by atoms with E-state index in [0.717, 1.165) is 0 Å². The van der Waals surface area contributed by atoms with Crippen molar-refractivity contribution in [1.29, 1.82) is 0 Å². The fraction of sp³-hybridized carbons (Fsp3) is 0.238. The molecule has 0 saturated carbocycles. The zero-order valence-corrected chi connectivity index (χ0v) is 15.9. The van der Waals surface area contributed by atoms with Crippen molar-refractivity contribution >= 4 is 33.3 Å². The third kappa shape index (κ3) is 3.23. The third-order valence-electron chi connectivity index (χ3n) is 5.08.